The van der Waals surface area contributed by atoms with Crippen LogP contribution in [0.15, 0.2) is 12.1 Å². The Balaban J connectivity index is 3.21. The molecule has 0 N–H and O–H groups in total. The molecule has 0 aliphatic carbocycles. The molecule has 0 saturated carbocycles. The minimum Gasteiger partial charge on any atom is -0.424 e. The lowest BCUT2D eigenvalue weighted by molar-refractivity contribution is -0.385. The van der Waals surface area contributed by atoms with Crippen molar-refractivity contribution in [1.29, 1.82) is 0 Å². The van der Waals surface area contributed by atoms with Crippen LogP contribution in [0, 0.1) is 22.9 Å². The number of carbonyl (C=O) groups is 1. The van der Waals surface area contributed by atoms with Crippen molar-refractivity contribution < 1.29 is 18.8 Å². The van der Waals surface area contributed by atoms with Gasteiger partial charge in [-0.1, -0.05) is 0 Å². The Morgan fingerprint density at radius 2 is 2.13 bits per heavy atom. The number of ether oxygens (including phenoxy) is 1. The zero-order valence-electron chi connectivity index (χ0n) is 8.11. The lowest BCUT2D eigenvalue weighted by Gasteiger charge is -2.04. The number of nitrogens with zero attached hydrogens (tertiary/aromatic N) is 1. The quantitative estimate of drug-likeness (QED) is 0.326. The van der Waals surface area contributed by atoms with E-state index in [4.69, 9.17) is 0 Å². The summed E-state index contributed by atoms with van der Waals surface area (Å²) in [6.45, 7) is 2.37. The second kappa shape index (κ2) is 4.04. The molecule has 1 aromatic rings. The molecule has 80 valence electrons. The van der Waals surface area contributed by atoms with Gasteiger partial charge in [0.15, 0.2) is 11.6 Å². The second-order valence-corrected chi connectivity index (χ2v) is 2.87. The van der Waals surface area contributed by atoms with Gasteiger partial charge in [0, 0.05) is 13.0 Å². The molecule has 0 unspecified atom stereocenters. The average Bonchev–Trinajstić information content (AvgIpc) is 2.12. The molecule has 1 aromatic carbocycles. The first-order chi connectivity index (χ1) is 6.93. The van der Waals surface area contributed by atoms with E-state index in [1.165, 1.54) is 6.92 Å². The van der Waals surface area contributed by atoms with E-state index >= 15 is 0 Å². The summed E-state index contributed by atoms with van der Waals surface area (Å²) in [5, 5.41) is 10.4. The number of rotatable bonds is 2. The molecular weight excluding hydrogens is 205 g/mol. The van der Waals surface area contributed by atoms with Crippen LogP contribution in [-0.4, -0.2) is 10.9 Å². The molecule has 0 fully saturated rings. The first kappa shape index (κ1) is 11.1. The van der Waals surface area contributed by atoms with E-state index in [0.717, 1.165) is 19.1 Å². The number of hydrogen-bond acceptors (Lipinski definition) is 4. The van der Waals surface area contributed by atoms with Gasteiger partial charge in [-0.2, -0.15) is 0 Å². The number of nitro benzene ring substituents is 1. The van der Waals surface area contributed by atoms with E-state index in [9.17, 15) is 19.3 Å². The van der Waals surface area contributed by atoms with Crippen molar-refractivity contribution in [2.45, 2.75) is 13.8 Å². The summed E-state index contributed by atoms with van der Waals surface area (Å²) in [4.78, 5) is 20.3. The maximum atomic E-state index is 13.4. The number of benzene rings is 1. The van der Waals surface area contributed by atoms with Crippen molar-refractivity contribution >= 4 is 11.7 Å². The van der Waals surface area contributed by atoms with Gasteiger partial charge in [0.2, 0.25) is 0 Å². The Bertz CT molecular complexity index is 430. The van der Waals surface area contributed by atoms with Crippen LogP contribution in [0.1, 0.15) is 12.5 Å². The topological polar surface area (TPSA) is 69.4 Å². The van der Waals surface area contributed by atoms with Gasteiger partial charge in [0.1, 0.15) is 0 Å². The molecule has 0 bridgehead atoms. The van der Waals surface area contributed by atoms with Gasteiger partial charge in [0.25, 0.3) is 5.69 Å². The van der Waals surface area contributed by atoms with Gasteiger partial charge in [-0.25, -0.2) is 4.39 Å². The van der Waals surface area contributed by atoms with Crippen LogP contribution in [0.25, 0.3) is 0 Å². The summed E-state index contributed by atoms with van der Waals surface area (Å²) >= 11 is 0. The Kier molecular flexibility index (Phi) is 2.99. The molecule has 0 atom stereocenters. The van der Waals surface area contributed by atoms with Gasteiger partial charge in [-0.3, -0.25) is 14.9 Å². The van der Waals surface area contributed by atoms with Gasteiger partial charge >= 0.3 is 5.97 Å². The molecule has 6 heteroatoms. The molecule has 0 amide bonds. The molecule has 0 aromatic heterocycles. The third-order valence-corrected chi connectivity index (χ3v) is 1.77. The van der Waals surface area contributed by atoms with Crippen molar-refractivity contribution in [2.75, 3.05) is 0 Å². The van der Waals surface area contributed by atoms with Crippen LogP contribution in [0.4, 0.5) is 10.1 Å². The van der Waals surface area contributed by atoms with E-state index in [1.54, 1.807) is 0 Å². The van der Waals surface area contributed by atoms with E-state index in [-0.39, 0.29) is 17.0 Å². The van der Waals surface area contributed by atoms with E-state index in [0.29, 0.717) is 0 Å². The first-order valence-corrected chi connectivity index (χ1v) is 4.05. The van der Waals surface area contributed by atoms with Crippen LogP contribution in [0.3, 0.4) is 0 Å². The molecule has 0 spiro atoms. The third-order valence-electron chi connectivity index (χ3n) is 1.77. The molecule has 1 rings (SSSR count). The highest BCUT2D eigenvalue weighted by atomic mass is 19.1. The highest BCUT2D eigenvalue weighted by Gasteiger charge is 2.18. The average molecular weight is 213 g/mol. The van der Waals surface area contributed by atoms with Gasteiger partial charge in [-0.15, -0.1) is 0 Å². The van der Waals surface area contributed by atoms with Crippen LogP contribution < -0.4 is 4.74 Å². The van der Waals surface area contributed by atoms with Gasteiger partial charge < -0.3 is 4.74 Å². The van der Waals surface area contributed by atoms with Crippen LogP contribution >= 0.6 is 0 Å². The lowest BCUT2D eigenvalue weighted by atomic mass is 10.2. The summed E-state index contributed by atoms with van der Waals surface area (Å²) in [6.07, 6.45) is 0. The zero-order chi connectivity index (χ0) is 11.6. The molecule has 15 heavy (non-hydrogen) atoms. The van der Waals surface area contributed by atoms with Crippen LogP contribution in [0.2, 0.25) is 0 Å². The molecular formula is C9H8FNO4. The lowest BCUT2D eigenvalue weighted by Crippen LogP contribution is -2.05. The first-order valence-electron chi connectivity index (χ1n) is 4.05. The van der Waals surface area contributed by atoms with Crippen molar-refractivity contribution in [3.63, 3.8) is 0 Å². The number of halogens is 1. The summed E-state index contributed by atoms with van der Waals surface area (Å²) < 4.78 is 17.9. The predicted molar refractivity (Wildman–Crippen MR) is 49.1 cm³/mol. The van der Waals surface area contributed by atoms with E-state index in [1.807, 2.05) is 0 Å². The van der Waals surface area contributed by atoms with Gasteiger partial charge in [-0.05, 0) is 13.0 Å². The second-order valence-electron chi connectivity index (χ2n) is 2.87. The van der Waals surface area contributed by atoms with Crippen LogP contribution in [0.5, 0.6) is 5.75 Å². The Morgan fingerprint density at radius 1 is 1.53 bits per heavy atom. The van der Waals surface area contributed by atoms with E-state index < -0.39 is 16.7 Å². The fraction of sp³-hybridized carbons (Fsp3) is 0.222. The fourth-order valence-corrected chi connectivity index (χ4v) is 1.08. The smallest absolute Gasteiger partial charge is 0.308 e. The van der Waals surface area contributed by atoms with E-state index in [2.05, 4.69) is 4.74 Å². The Hall–Kier alpha value is -1.98. The van der Waals surface area contributed by atoms with Crippen molar-refractivity contribution in [3.8, 4) is 5.75 Å². The maximum absolute atomic E-state index is 13.4. The summed E-state index contributed by atoms with van der Waals surface area (Å²) in [5.74, 6) is -1.87. The molecule has 0 radical (unpaired) electrons. The number of carbonyl (C=O) groups excluding carboxylic acids is 1. The number of esters is 1. The Labute approximate surface area is 84.6 Å². The SMILES string of the molecule is CC(=O)Oc1ccc([N+](=O)[O-])c(C)c1F. The minimum absolute atomic E-state index is 0.154. The predicted octanol–water partition coefficient (Wildman–Crippen LogP) is 1.97. The summed E-state index contributed by atoms with van der Waals surface area (Å²) in [6, 6.07) is 2.15. The third kappa shape index (κ3) is 2.28. The normalized spacial score (nSPS) is 9.80. The highest BCUT2D eigenvalue weighted by Crippen LogP contribution is 2.27. The minimum atomic E-state index is -0.889. The molecule has 0 heterocycles. The van der Waals surface area contributed by atoms with Crippen molar-refractivity contribution in [3.05, 3.63) is 33.6 Å². The molecule has 5 nitrogen and oxygen atoms in total. The highest BCUT2D eigenvalue weighted by molar-refractivity contribution is 5.69. The molecule has 0 aliphatic rings. The number of hydrogen-bond donors (Lipinski definition) is 0. The van der Waals surface area contributed by atoms with Crippen molar-refractivity contribution in [2.24, 2.45) is 0 Å². The molecule has 0 aliphatic heterocycles. The Morgan fingerprint density at radius 3 is 2.60 bits per heavy atom. The largest absolute Gasteiger partial charge is 0.424 e. The monoisotopic (exact) mass is 213 g/mol. The van der Waals surface area contributed by atoms with Crippen molar-refractivity contribution in [1.82, 2.24) is 0 Å². The fourth-order valence-electron chi connectivity index (χ4n) is 1.08. The zero-order valence-corrected chi connectivity index (χ0v) is 8.11. The van der Waals surface area contributed by atoms with Crippen LogP contribution in [-0.2, 0) is 4.79 Å². The summed E-state index contributed by atoms with van der Waals surface area (Å²) in [7, 11) is 0. The maximum Gasteiger partial charge on any atom is 0.308 e. The van der Waals surface area contributed by atoms with Gasteiger partial charge in [0.05, 0.1) is 10.5 Å². The summed E-state index contributed by atoms with van der Waals surface area (Å²) in [5.41, 5.74) is -0.498. The standard InChI is InChI=1S/C9H8FNO4/c1-5-7(11(13)14)3-4-8(9(5)10)15-6(2)12/h3-4H,1-2H3. The molecule has 0 saturated heterocycles. The number of nitro groups is 1.